The number of rotatable bonds is 4. The zero-order valence-corrected chi connectivity index (χ0v) is 10.6. The average molecular weight is 280 g/mol. The van der Waals surface area contributed by atoms with E-state index in [9.17, 15) is 9.18 Å². The van der Waals surface area contributed by atoms with Crippen LogP contribution < -0.4 is 5.32 Å². The average Bonchev–Trinajstić information content (AvgIpc) is 2.38. The molecule has 0 radical (unpaired) electrons. The molecule has 0 aliphatic heterocycles. The van der Waals surface area contributed by atoms with Crippen LogP contribution in [0.25, 0.3) is 0 Å². The first-order valence-corrected chi connectivity index (χ1v) is 5.96. The van der Waals surface area contributed by atoms with E-state index in [1.807, 2.05) is 0 Å². The molecule has 0 saturated heterocycles. The quantitative estimate of drug-likeness (QED) is 0.895. The van der Waals surface area contributed by atoms with Crippen molar-refractivity contribution >= 4 is 23.3 Å². The molecule has 0 aromatic heterocycles. The molecule has 0 bridgehead atoms. The number of nitrogens with one attached hydrogen (secondary N) is 1. The number of carbonyl (C=O) groups is 1. The lowest BCUT2D eigenvalue weighted by Crippen LogP contribution is -2.08. The molecule has 2 aromatic rings. The fraction of sp³-hybridized carbons (Fsp3) is 0.0714. The number of hydrogen-bond acceptors (Lipinski definition) is 2. The number of halogens is 2. The van der Waals surface area contributed by atoms with E-state index in [1.165, 1.54) is 18.2 Å². The number of anilines is 1. The smallest absolute Gasteiger partial charge is 0.336 e. The van der Waals surface area contributed by atoms with Gasteiger partial charge in [0, 0.05) is 6.54 Å². The summed E-state index contributed by atoms with van der Waals surface area (Å²) in [5.74, 6) is -1.49. The Balaban J connectivity index is 2.22. The first-order chi connectivity index (χ1) is 9.09. The number of carboxylic acids is 1. The van der Waals surface area contributed by atoms with Gasteiger partial charge in [0.2, 0.25) is 0 Å². The van der Waals surface area contributed by atoms with Gasteiger partial charge < -0.3 is 10.4 Å². The largest absolute Gasteiger partial charge is 0.478 e. The Morgan fingerprint density at radius 1 is 1.21 bits per heavy atom. The third kappa shape index (κ3) is 3.03. The van der Waals surface area contributed by atoms with Gasteiger partial charge in [-0.2, -0.15) is 0 Å². The molecule has 2 rings (SSSR count). The first kappa shape index (κ1) is 13.4. The molecule has 0 unspecified atom stereocenters. The summed E-state index contributed by atoms with van der Waals surface area (Å²) in [7, 11) is 0. The SMILES string of the molecule is O=C(O)c1ccccc1CNc1c(F)cccc1Cl. The van der Waals surface area contributed by atoms with Gasteiger partial charge in [0.1, 0.15) is 5.82 Å². The minimum atomic E-state index is -1.02. The normalized spacial score (nSPS) is 10.2. The number of benzene rings is 2. The standard InChI is InChI=1S/C14H11ClFNO2/c15-11-6-3-7-12(16)13(11)17-8-9-4-1-2-5-10(9)14(18)19/h1-7,17H,8H2,(H,18,19). The van der Waals surface area contributed by atoms with Crippen molar-refractivity contribution in [3.63, 3.8) is 0 Å². The van der Waals surface area contributed by atoms with E-state index >= 15 is 0 Å². The van der Waals surface area contributed by atoms with E-state index in [4.69, 9.17) is 16.7 Å². The van der Waals surface area contributed by atoms with Gasteiger partial charge in [-0.15, -0.1) is 0 Å². The minimum absolute atomic E-state index is 0.171. The fourth-order valence-electron chi connectivity index (χ4n) is 1.73. The maximum atomic E-state index is 13.5. The lowest BCUT2D eigenvalue weighted by Gasteiger charge is -2.11. The molecule has 0 aliphatic rings. The van der Waals surface area contributed by atoms with Crippen LogP contribution >= 0.6 is 11.6 Å². The van der Waals surface area contributed by atoms with Crippen LogP contribution in [-0.4, -0.2) is 11.1 Å². The molecule has 0 fully saturated rings. The molecule has 0 aliphatic carbocycles. The van der Waals surface area contributed by atoms with E-state index in [0.717, 1.165) is 0 Å². The number of aromatic carboxylic acids is 1. The van der Waals surface area contributed by atoms with E-state index in [1.54, 1.807) is 24.3 Å². The van der Waals surface area contributed by atoms with Crippen molar-refractivity contribution in [2.75, 3.05) is 5.32 Å². The summed E-state index contributed by atoms with van der Waals surface area (Å²) in [6, 6.07) is 10.9. The highest BCUT2D eigenvalue weighted by molar-refractivity contribution is 6.33. The second kappa shape index (κ2) is 5.71. The van der Waals surface area contributed by atoms with Crippen molar-refractivity contribution in [3.05, 3.63) is 64.4 Å². The van der Waals surface area contributed by atoms with Crippen LogP contribution in [0, 0.1) is 5.82 Å². The van der Waals surface area contributed by atoms with Crippen LogP contribution in [0.15, 0.2) is 42.5 Å². The molecule has 0 heterocycles. The van der Waals surface area contributed by atoms with Gasteiger partial charge in [-0.05, 0) is 23.8 Å². The van der Waals surface area contributed by atoms with Crippen molar-refractivity contribution in [1.82, 2.24) is 0 Å². The molecule has 98 valence electrons. The molecule has 0 spiro atoms. The Morgan fingerprint density at radius 3 is 2.63 bits per heavy atom. The van der Waals surface area contributed by atoms with Gasteiger partial charge in [-0.3, -0.25) is 0 Å². The van der Waals surface area contributed by atoms with Crippen molar-refractivity contribution in [1.29, 1.82) is 0 Å². The summed E-state index contributed by atoms with van der Waals surface area (Å²) in [6.45, 7) is 0.184. The molecule has 0 amide bonds. The second-order valence-electron chi connectivity index (χ2n) is 3.91. The Hall–Kier alpha value is -2.07. The molecule has 3 nitrogen and oxygen atoms in total. The van der Waals surface area contributed by atoms with Crippen molar-refractivity contribution in [2.45, 2.75) is 6.54 Å². The number of carboxylic acid groups (broad SMARTS) is 1. The monoisotopic (exact) mass is 279 g/mol. The summed E-state index contributed by atoms with van der Waals surface area (Å²) in [5.41, 5.74) is 0.918. The topological polar surface area (TPSA) is 49.3 Å². The van der Waals surface area contributed by atoms with E-state index in [0.29, 0.717) is 5.56 Å². The third-order valence-electron chi connectivity index (χ3n) is 2.67. The first-order valence-electron chi connectivity index (χ1n) is 5.58. The van der Waals surface area contributed by atoms with Gasteiger partial charge in [0.15, 0.2) is 0 Å². The molecule has 2 N–H and O–H groups in total. The van der Waals surface area contributed by atoms with Gasteiger partial charge in [-0.1, -0.05) is 35.9 Å². The molecule has 0 atom stereocenters. The molecule has 5 heteroatoms. The molecular formula is C14H11ClFNO2. The van der Waals surface area contributed by atoms with Crippen molar-refractivity contribution in [2.24, 2.45) is 0 Å². The zero-order chi connectivity index (χ0) is 13.8. The van der Waals surface area contributed by atoms with Gasteiger partial charge in [-0.25, -0.2) is 9.18 Å². The summed E-state index contributed by atoms with van der Waals surface area (Å²) in [6.07, 6.45) is 0. The number of hydrogen-bond donors (Lipinski definition) is 2. The Morgan fingerprint density at radius 2 is 1.95 bits per heavy atom. The maximum absolute atomic E-state index is 13.5. The Kier molecular flexibility index (Phi) is 4.02. The predicted octanol–water partition coefficient (Wildman–Crippen LogP) is 3.79. The van der Waals surface area contributed by atoms with Crippen LogP contribution in [0.4, 0.5) is 10.1 Å². The lowest BCUT2D eigenvalue weighted by atomic mass is 10.1. The fourth-order valence-corrected chi connectivity index (χ4v) is 1.96. The second-order valence-corrected chi connectivity index (χ2v) is 4.32. The van der Waals surface area contributed by atoms with E-state index in [2.05, 4.69) is 5.32 Å². The molecular weight excluding hydrogens is 269 g/mol. The Bertz CT molecular complexity index is 596. The van der Waals surface area contributed by atoms with Crippen molar-refractivity contribution in [3.8, 4) is 0 Å². The third-order valence-corrected chi connectivity index (χ3v) is 2.98. The van der Waals surface area contributed by atoms with Gasteiger partial charge in [0.05, 0.1) is 16.3 Å². The van der Waals surface area contributed by atoms with Crippen LogP contribution in [0.5, 0.6) is 0 Å². The lowest BCUT2D eigenvalue weighted by molar-refractivity contribution is 0.0696. The number of para-hydroxylation sites is 1. The summed E-state index contributed by atoms with van der Waals surface area (Å²) in [4.78, 5) is 11.0. The van der Waals surface area contributed by atoms with Crippen molar-refractivity contribution < 1.29 is 14.3 Å². The van der Waals surface area contributed by atoms with Crippen LogP contribution in [0.3, 0.4) is 0 Å². The van der Waals surface area contributed by atoms with Crippen LogP contribution in [0.2, 0.25) is 5.02 Å². The highest BCUT2D eigenvalue weighted by atomic mass is 35.5. The van der Waals surface area contributed by atoms with E-state index in [-0.39, 0.29) is 22.8 Å². The van der Waals surface area contributed by atoms with Gasteiger partial charge in [0.25, 0.3) is 0 Å². The predicted molar refractivity (Wildman–Crippen MR) is 72.1 cm³/mol. The zero-order valence-electron chi connectivity index (χ0n) is 9.86. The van der Waals surface area contributed by atoms with Crippen LogP contribution in [-0.2, 0) is 6.54 Å². The van der Waals surface area contributed by atoms with E-state index < -0.39 is 11.8 Å². The highest BCUT2D eigenvalue weighted by Crippen LogP contribution is 2.25. The highest BCUT2D eigenvalue weighted by Gasteiger charge is 2.11. The van der Waals surface area contributed by atoms with Crippen LogP contribution in [0.1, 0.15) is 15.9 Å². The van der Waals surface area contributed by atoms with Gasteiger partial charge >= 0.3 is 5.97 Å². The maximum Gasteiger partial charge on any atom is 0.336 e. The molecule has 0 saturated carbocycles. The summed E-state index contributed by atoms with van der Waals surface area (Å²) >= 11 is 5.88. The molecule has 19 heavy (non-hydrogen) atoms. The minimum Gasteiger partial charge on any atom is -0.478 e. The Labute approximate surface area is 114 Å². The molecule has 2 aromatic carbocycles. The summed E-state index contributed by atoms with van der Waals surface area (Å²) in [5, 5.41) is 12.1. The summed E-state index contributed by atoms with van der Waals surface area (Å²) < 4.78 is 13.5.